The number of rotatable bonds is 6. The van der Waals surface area contributed by atoms with Crippen LogP contribution in [-0.4, -0.2) is 32.0 Å². The summed E-state index contributed by atoms with van der Waals surface area (Å²) < 4.78 is 13.8. The molecule has 2 rings (SSSR count). The van der Waals surface area contributed by atoms with Crippen molar-refractivity contribution in [3.8, 4) is 0 Å². The number of nitrogens with zero attached hydrogens (tertiary/aromatic N) is 2. The number of nitrogens with one attached hydrogen (secondary N) is 2. The van der Waals surface area contributed by atoms with E-state index in [9.17, 15) is 4.39 Å². The molecule has 0 saturated heterocycles. The first-order chi connectivity index (χ1) is 12.0. The van der Waals surface area contributed by atoms with Gasteiger partial charge in [-0.15, -0.1) is 24.0 Å². The number of hydrogen-bond acceptors (Lipinski definition) is 2. The molecule has 2 aromatic rings. The van der Waals surface area contributed by atoms with Gasteiger partial charge in [0.25, 0.3) is 0 Å². The van der Waals surface area contributed by atoms with Crippen molar-refractivity contribution in [3.63, 3.8) is 0 Å². The predicted molar refractivity (Wildman–Crippen MR) is 118 cm³/mol. The maximum Gasteiger partial charge on any atom is 0.191 e. The van der Waals surface area contributed by atoms with E-state index in [4.69, 9.17) is 11.6 Å². The van der Waals surface area contributed by atoms with E-state index in [1.807, 2.05) is 49.3 Å². The van der Waals surface area contributed by atoms with Crippen LogP contribution in [0.1, 0.15) is 16.7 Å². The second kappa shape index (κ2) is 11.4. The molecule has 0 fully saturated rings. The summed E-state index contributed by atoms with van der Waals surface area (Å²) in [5.74, 6) is 0.499. The van der Waals surface area contributed by atoms with Gasteiger partial charge in [0.2, 0.25) is 0 Å². The van der Waals surface area contributed by atoms with Gasteiger partial charge in [0.1, 0.15) is 5.82 Å². The molecule has 0 aromatic heterocycles. The van der Waals surface area contributed by atoms with Gasteiger partial charge in [0, 0.05) is 37.3 Å². The Bertz CT molecular complexity index is 737. The Labute approximate surface area is 176 Å². The second-order valence-corrected chi connectivity index (χ2v) is 6.51. The van der Waals surface area contributed by atoms with Gasteiger partial charge in [-0.1, -0.05) is 29.8 Å². The zero-order chi connectivity index (χ0) is 18.2. The first-order valence-electron chi connectivity index (χ1n) is 8.09. The van der Waals surface area contributed by atoms with Crippen LogP contribution in [0, 0.1) is 5.82 Å². The molecule has 0 aliphatic carbocycles. The van der Waals surface area contributed by atoms with Crippen molar-refractivity contribution in [1.29, 1.82) is 0 Å². The Kier molecular flexibility index (Phi) is 9.90. The molecule has 0 spiro atoms. The average Bonchev–Trinajstić information content (AvgIpc) is 2.57. The Morgan fingerprint density at radius 3 is 2.31 bits per heavy atom. The topological polar surface area (TPSA) is 39.7 Å². The molecular formula is C19H25ClFIN4. The van der Waals surface area contributed by atoms with Crippen LogP contribution in [0.4, 0.5) is 4.39 Å². The SMILES string of the molecule is CN=C(NCc1cccc(Cl)c1)NCc1ccc(F)c(CN(C)C)c1.I. The number of hydrogen-bond donors (Lipinski definition) is 2. The smallest absolute Gasteiger partial charge is 0.191 e. The van der Waals surface area contributed by atoms with Gasteiger partial charge in [0.05, 0.1) is 0 Å². The van der Waals surface area contributed by atoms with Crippen molar-refractivity contribution in [2.75, 3.05) is 21.1 Å². The van der Waals surface area contributed by atoms with Crippen LogP contribution in [-0.2, 0) is 19.6 Å². The minimum Gasteiger partial charge on any atom is -0.352 e. The fraction of sp³-hybridized carbons (Fsp3) is 0.316. The normalized spacial score (nSPS) is 11.2. The van der Waals surface area contributed by atoms with Crippen LogP contribution >= 0.6 is 35.6 Å². The van der Waals surface area contributed by atoms with E-state index in [1.54, 1.807) is 13.1 Å². The Hall–Kier alpha value is -1.38. The quantitative estimate of drug-likeness (QED) is 0.365. The third-order valence-electron chi connectivity index (χ3n) is 3.63. The first kappa shape index (κ1) is 22.7. The molecule has 142 valence electrons. The zero-order valence-electron chi connectivity index (χ0n) is 15.2. The Balaban J connectivity index is 0.00000338. The summed E-state index contributed by atoms with van der Waals surface area (Å²) in [5, 5.41) is 7.19. The van der Waals surface area contributed by atoms with Crippen LogP contribution < -0.4 is 10.6 Å². The van der Waals surface area contributed by atoms with Crippen LogP contribution in [0.3, 0.4) is 0 Å². The van der Waals surface area contributed by atoms with Crippen LogP contribution in [0.2, 0.25) is 5.02 Å². The summed E-state index contributed by atoms with van der Waals surface area (Å²) in [6.45, 7) is 1.76. The highest BCUT2D eigenvalue weighted by atomic mass is 127. The van der Waals surface area contributed by atoms with Gasteiger partial charge in [-0.05, 0) is 49.5 Å². The summed E-state index contributed by atoms with van der Waals surface area (Å²) in [7, 11) is 5.56. The minimum atomic E-state index is -0.180. The molecule has 26 heavy (non-hydrogen) atoms. The minimum absolute atomic E-state index is 0. The maximum absolute atomic E-state index is 13.8. The molecule has 0 aliphatic heterocycles. The molecule has 0 unspecified atom stereocenters. The molecule has 2 aromatic carbocycles. The number of guanidine groups is 1. The average molecular weight is 491 g/mol. The number of benzene rings is 2. The molecule has 0 amide bonds. The van der Waals surface area contributed by atoms with Crippen molar-refractivity contribution < 1.29 is 4.39 Å². The maximum atomic E-state index is 13.8. The molecule has 7 heteroatoms. The number of aliphatic imine (C=N–C) groups is 1. The summed E-state index contributed by atoms with van der Waals surface area (Å²) >= 11 is 5.99. The van der Waals surface area contributed by atoms with Gasteiger partial charge in [-0.3, -0.25) is 4.99 Å². The van der Waals surface area contributed by atoms with E-state index < -0.39 is 0 Å². The van der Waals surface area contributed by atoms with Gasteiger partial charge in [0.15, 0.2) is 5.96 Å². The van der Waals surface area contributed by atoms with E-state index >= 15 is 0 Å². The summed E-state index contributed by atoms with van der Waals surface area (Å²) in [6.07, 6.45) is 0. The van der Waals surface area contributed by atoms with E-state index in [1.165, 1.54) is 6.07 Å². The fourth-order valence-corrected chi connectivity index (χ4v) is 2.65. The second-order valence-electron chi connectivity index (χ2n) is 6.07. The third-order valence-corrected chi connectivity index (χ3v) is 3.86. The zero-order valence-corrected chi connectivity index (χ0v) is 18.3. The number of halogens is 3. The van der Waals surface area contributed by atoms with Crippen LogP contribution in [0.25, 0.3) is 0 Å². The molecule has 2 N–H and O–H groups in total. The third kappa shape index (κ3) is 7.47. The lowest BCUT2D eigenvalue weighted by Gasteiger charge is -2.14. The highest BCUT2D eigenvalue weighted by molar-refractivity contribution is 14.0. The lowest BCUT2D eigenvalue weighted by Crippen LogP contribution is -2.36. The molecule has 0 radical (unpaired) electrons. The lowest BCUT2D eigenvalue weighted by molar-refractivity contribution is 0.392. The Morgan fingerprint density at radius 1 is 1.08 bits per heavy atom. The fourth-order valence-electron chi connectivity index (χ4n) is 2.44. The van der Waals surface area contributed by atoms with E-state index in [2.05, 4.69) is 15.6 Å². The van der Waals surface area contributed by atoms with Crippen LogP contribution in [0.15, 0.2) is 47.5 Å². The van der Waals surface area contributed by atoms with Gasteiger partial charge < -0.3 is 15.5 Å². The van der Waals surface area contributed by atoms with Crippen molar-refractivity contribution >= 4 is 41.5 Å². The van der Waals surface area contributed by atoms with Gasteiger partial charge in [-0.2, -0.15) is 0 Å². The van der Waals surface area contributed by atoms with Gasteiger partial charge >= 0.3 is 0 Å². The van der Waals surface area contributed by atoms with Crippen LogP contribution in [0.5, 0.6) is 0 Å². The van der Waals surface area contributed by atoms with E-state index in [-0.39, 0.29) is 29.8 Å². The molecule has 0 aliphatic rings. The predicted octanol–water partition coefficient (Wildman–Crippen LogP) is 4.02. The van der Waals surface area contributed by atoms with E-state index in [0.29, 0.717) is 36.2 Å². The highest BCUT2D eigenvalue weighted by Crippen LogP contribution is 2.12. The monoisotopic (exact) mass is 490 g/mol. The molecule has 0 atom stereocenters. The molecule has 0 heterocycles. The highest BCUT2D eigenvalue weighted by Gasteiger charge is 2.06. The molecule has 0 bridgehead atoms. The summed E-state index contributed by atoms with van der Waals surface area (Å²) in [5.41, 5.74) is 2.76. The van der Waals surface area contributed by atoms with Crippen molar-refractivity contribution in [3.05, 3.63) is 70.0 Å². The van der Waals surface area contributed by atoms with Crippen molar-refractivity contribution in [1.82, 2.24) is 15.5 Å². The molecule has 4 nitrogen and oxygen atoms in total. The molecule has 0 saturated carbocycles. The summed E-state index contributed by atoms with van der Waals surface area (Å²) in [6, 6.07) is 12.9. The lowest BCUT2D eigenvalue weighted by atomic mass is 10.1. The van der Waals surface area contributed by atoms with Gasteiger partial charge in [-0.25, -0.2) is 4.39 Å². The van der Waals surface area contributed by atoms with Crippen molar-refractivity contribution in [2.24, 2.45) is 4.99 Å². The standard InChI is InChI=1S/C19H24ClFN4.HI/c1-22-19(23-11-14-5-4-6-17(20)10-14)24-12-15-7-8-18(21)16(9-15)13-25(2)3;/h4-10H,11-13H2,1-3H3,(H2,22,23,24);1H. The van der Waals surface area contributed by atoms with E-state index in [0.717, 1.165) is 11.1 Å². The molecular weight excluding hydrogens is 466 g/mol. The first-order valence-corrected chi connectivity index (χ1v) is 8.46. The largest absolute Gasteiger partial charge is 0.352 e. The van der Waals surface area contributed by atoms with Crippen molar-refractivity contribution in [2.45, 2.75) is 19.6 Å². The summed E-state index contributed by atoms with van der Waals surface area (Å²) in [4.78, 5) is 6.15. The Morgan fingerprint density at radius 2 is 1.73 bits per heavy atom.